The van der Waals surface area contributed by atoms with Crippen LogP contribution in [0.1, 0.15) is 21.5 Å². The zero-order valence-corrected chi connectivity index (χ0v) is 11.7. The minimum atomic E-state index is -0.959. The fourth-order valence-corrected chi connectivity index (χ4v) is 2.01. The van der Waals surface area contributed by atoms with E-state index >= 15 is 0 Å². The molecule has 0 saturated heterocycles. The van der Waals surface area contributed by atoms with Gasteiger partial charge in [0, 0.05) is 0 Å². The van der Waals surface area contributed by atoms with E-state index < -0.39 is 5.97 Å². The molecule has 2 rings (SSSR count). The first-order chi connectivity index (χ1) is 9.51. The maximum Gasteiger partial charge on any atom is 0.337 e. The number of ether oxygens (including phenoxy) is 1. The molecule has 0 aromatic heterocycles. The van der Waals surface area contributed by atoms with E-state index in [9.17, 15) is 9.90 Å². The number of hydrogen-bond donors (Lipinski definition) is 2. The lowest BCUT2D eigenvalue weighted by Gasteiger charge is -2.14. The first-order valence-electron chi connectivity index (χ1n) is 6.27. The Morgan fingerprint density at radius 2 is 1.65 bits per heavy atom. The van der Waals surface area contributed by atoms with Gasteiger partial charge in [-0.3, -0.25) is 0 Å². The van der Waals surface area contributed by atoms with Crippen molar-refractivity contribution in [1.82, 2.24) is 0 Å². The molecular weight excluding hydrogens is 254 g/mol. The molecule has 2 aromatic rings. The summed E-state index contributed by atoms with van der Waals surface area (Å²) >= 11 is 0. The third-order valence-electron chi connectivity index (χ3n) is 3.03. The zero-order valence-electron chi connectivity index (χ0n) is 11.7. The molecule has 4 heteroatoms. The summed E-state index contributed by atoms with van der Waals surface area (Å²) in [4.78, 5) is 11.3. The molecule has 20 heavy (non-hydrogen) atoms. The number of nitrogens with one attached hydrogen (secondary N) is 1. The third kappa shape index (κ3) is 2.91. The molecule has 0 aliphatic rings. The molecule has 104 valence electrons. The summed E-state index contributed by atoms with van der Waals surface area (Å²) in [6.07, 6.45) is 0. The van der Waals surface area contributed by atoms with E-state index in [2.05, 4.69) is 5.32 Å². The van der Waals surface area contributed by atoms with Crippen LogP contribution in [0.25, 0.3) is 0 Å². The van der Waals surface area contributed by atoms with Crippen molar-refractivity contribution in [3.63, 3.8) is 0 Å². The van der Waals surface area contributed by atoms with Gasteiger partial charge in [0.2, 0.25) is 0 Å². The highest BCUT2D eigenvalue weighted by atomic mass is 16.5. The average Bonchev–Trinajstić information content (AvgIpc) is 2.38. The molecule has 0 radical (unpaired) electrons. The van der Waals surface area contributed by atoms with Crippen molar-refractivity contribution in [1.29, 1.82) is 0 Å². The second-order valence-corrected chi connectivity index (χ2v) is 4.68. The van der Waals surface area contributed by atoms with E-state index in [1.165, 1.54) is 0 Å². The number of carboxylic acid groups (broad SMARTS) is 1. The molecule has 0 aliphatic carbocycles. The molecule has 0 fully saturated rings. The summed E-state index contributed by atoms with van der Waals surface area (Å²) < 4.78 is 5.29. The van der Waals surface area contributed by atoms with Gasteiger partial charge in [0.1, 0.15) is 5.75 Å². The Morgan fingerprint density at radius 3 is 2.25 bits per heavy atom. The number of carbonyl (C=O) groups is 1. The summed E-state index contributed by atoms with van der Waals surface area (Å²) in [6, 6.07) is 10.9. The third-order valence-corrected chi connectivity index (χ3v) is 3.03. The average molecular weight is 271 g/mol. The van der Waals surface area contributed by atoms with Crippen LogP contribution in [0.2, 0.25) is 0 Å². The van der Waals surface area contributed by atoms with Crippen LogP contribution < -0.4 is 10.1 Å². The van der Waals surface area contributed by atoms with Gasteiger partial charge in [-0.05, 0) is 49.2 Å². The topological polar surface area (TPSA) is 58.6 Å². The van der Waals surface area contributed by atoms with Gasteiger partial charge in [0.15, 0.2) is 0 Å². The molecule has 2 aromatic carbocycles. The van der Waals surface area contributed by atoms with Crippen molar-refractivity contribution in [2.75, 3.05) is 12.4 Å². The Labute approximate surface area is 118 Å². The van der Waals surface area contributed by atoms with Crippen molar-refractivity contribution < 1.29 is 14.6 Å². The van der Waals surface area contributed by atoms with E-state index in [4.69, 9.17) is 4.74 Å². The molecule has 0 atom stereocenters. The Kier molecular flexibility index (Phi) is 3.94. The van der Waals surface area contributed by atoms with Crippen molar-refractivity contribution in [3.8, 4) is 5.75 Å². The van der Waals surface area contributed by atoms with E-state index in [0.29, 0.717) is 11.4 Å². The van der Waals surface area contributed by atoms with Crippen molar-refractivity contribution in [3.05, 3.63) is 53.1 Å². The number of anilines is 2. The Morgan fingerprint density at radius 1 is 1.05 bits per heavy atom. The first-order valence-corrected chi connectivity index (χ1v) is 6.27. The monoisotopic (exact) mass is 271 g/mol. The SMILES string of the molecule is COc1ccc(C)cc1Nc1cc(C)ccc1C(=O)O. The molecule has 0 unspecified atom stereocenters. The van der Waals surface area contributed by atoms with Gasteiger partial charge in [-0.25, -0.2) is 4.79 Å². The number of aryl methyl sites for hydroxylation is 2. The fraction of sp³-hybridized carbons (Fsp3) is 0.188. The van der Waals surface area contributed by atoms with Gasteiger partial charge >= 0.3 is 5.97 Å². The molecular formula is C16H17NO3. The predicted octanol–water partition coefficient (Wildman–Crippen LogP) is 3.75. The molecule has 0 heterocycles. The Bertz CT molecular complexity index is 650. The van der Waals surface area contributed by atoms with Crippen LogP contribution in [-0.4, -0.2) is 18.2 Å². The number of hydrogen-bond acceptors (Lipinski definition) is 3. The Hall–Kier alpha value is -2.49. The van der Waals surface area contributed by atoms with Crippen LogP contribution in [0.3, 0.4) is 0 Å². The van der Waals surface area contributed by atoms with E-state index in [1.807, 2.05) is 38.1 Å². The largest absolute Gasteiger partial charge is 0.495 e. The van der Waals surface area contributed by atoms with E-state index in [1.54, 1.807) is 19.2 Å². The van der Waals surface area contributed by atoms with Crippen LogP contribution >= 0.6 is 0 Å². The first kappa shape index (κ1) is 13.9. The van der Waals surface area contributed by atoms with E-state index in [-0.39, 0.29) is 5.56 Å². The Balaban J connectivity index is 2.46. The minimum absolute atomic E-state index is 0.235. The minimum Gasteiger partial charge on any atom is -0.495 e. The maximum atomic E-state index is 11.3. The standard InChI is InChI=1S/C16H17NO3/c1-10-4-6-12(16(18)19)13(8-10)17-14-9-11(2)5-7-15(14)20-3/h4-9,17H,1-3H3,(H,18,19). The van der Waals surface area contributed by atoms with Gasteiger partial charge in [0.05, 0.1) is 24.0 Å². The normalized spacial score (nSPS) is 10.2. The summed E-state index contributed by atoms with van der Waals surface area (Å²) in [7, 11) is 1.59. The van der Waals surface area contributed by atoms with Crippen molar-refractivity contribution >= 4 is 17.3 Å². The van der Waals surface area contributed by atoms with Crippen LogP contribution in [0.5, 0.6) is 5.75 Å². The fourth-order valence-electron chi connectivity index (χ4n) is 2.01. The number of carboxylic acids is 1. The molecule has 0 amide bonds. The smallest absolute Gasteiger partial charge is 0.337 e. The van der Waals surface area contributed by atoms with Gasteiger partial charge in [-0.15, -0.1) is 0 Å². The lowest BCUT2D eigenvalue weighted by Crippen LogP contribution is -2.04. The van der Waals surface area contributed by atoms with Crippen molar-refractivity contribution in [2.45, 2.75) is 13.8 Å². The van der Waals surface area contributed by atoms with Crippen LogP contribution in [0, 0.1) is 13.8 Å². The van der Waals surface area contributed by atoms with Gasteiger partial charge in [-0.1, -0.05) is 12.1 Å². The second kappa shape index (κ2) is 5.65. The van der Waals surface area contributed by atoms with Gasteiger partial charge < -0.3 is 15.2 Å². The maximum absolute atomic E-state index is 11.3. The van der Waals surface area contributed by atoms with Gasteiger partial charge in [-0.2, -0.15) is 0 Å². The number of benzene rings is 2. The molecule has 0 aliphatic heterocycles. The zero-order chi connectivity index (χ0) is 14.7. The predicted molar refractivity (Wildman–Crippen MR) is 79.2 cm³/mol. The number of rotatable bonds is 4. The molecule has 0 bridgehead atoms. The molecule has 4 nitrogen and oxygen atoms in total. The summed E-state index contributed by atoms with van der Waals surface area (Å²) in [5.74, 6) is -0.285. The highest BCUT2D eigenvalue weighted by Crippen LogP contribution is 2.30. The van der Waals surface area contributed by atoms with Gasteiger partial charge in [0.25, 0.3) is 0 Å². The summed E-state index contributed by atoms with van der Waals surface area (Å²) in [6.45, 7) is 3.89. The highest BCUT2D eigenvalue weighted by molar-refractivity contribution is 5.95. The van der Waals surface area contributed by atoms with Crippen LogP contribution in [0.15, 0.2) is 36.4 Å². The highest BCUT2D eigenvalue weighted by Gasteiger charge is 2.12. The lowest BCUT2D eigenvalue weighted by atomic mass is 10.1. The van der Waals surface area contributed by atoms with Crippen molar-refractivity contribution in [2.24, 2.45) is 0 Å². The summed E-state index contributed by atoms with van der Waals surface area (Å²) in [5, 5.41) is 12.4. The quantitative estimate of drug-likeness (QED) is 0.889. The number of aromatic carboxylic acids is 1. The number of methoxy groups -OCH3 is 1. The second-order valence-electron chi connectivity index (χ2n) is 4.68. The molecule has 0 saturated carbocycles. The van der Waals surface area contributed by atoms with Crippen LogP contribution in [0.4, 0.5) is 11.4 Å². The molecule has 0 spiro atoms. The summed E-state index contributed by atoms with van der Waals surface area (Å²) in [5.41, 5.74) is 3.60. The van der Waals surface area contributed by atoms with Crippen LogP contribution in [-0.2, 0) is 0 Å². The van der Waals surface area contributed by atoms with E-state index in [0.717, 1.165) is 16.8 Å². The molecule has 2 N–H and O–H groups in total. The lowest BCUT2D eigenvalue weighted by molar-refractivity contribution is 0.0698.